The van der Waals surface area contributed by atoms with E-state index in [2.05, 4.69) is 4.98 Å². The highest BCUT2D eigenvalue weighted by Crippen LogP contribution is 2.52. The molecule has 1 aliphatic carbocycles. The van der Waals surface area contributed by atoms with E-state index in [1.165, 1.54) is 0 Å². The molecule has 26 heavy (non-hydrogen) atoms. The molecule has 1 aromatic carbocycles. The predicted molar refractivity (Wildman–Crippen MR) is 103 cm³/mol. The summed E-state index contributed by atoms with van der Waals surface area (Å²) in [6.45, 7) is 1.93. The van der Waals surface area contributed by atoms with E-state index in [1.807, 2.05) is 37.3 Å². The fourth-order valence-electron chi connectivity index (χ4n) is 4.18. The van der Waals surface area contributed by atoms with Crippen molar-refractivity contribution in [2.45, 2.75) is 31.3 Å². The molecule has 2 aromatic rings. The lowest BCUT2D eigenvalue weighted by molar-refractivity contribution is -0.138. The number of fused-ring (bicyclic) bond motifs is 1. The summed E-state index contributed by atoms with van der Waals surface area (Å²) in [6, 6.07) is 9.32. The van der Waals surface area contributed by atoms with Crippen LogP contribution in [0.3, 0.4) is 0 Å². The first-order valence-electron chi connectivity index (χ1n) is 8.53. The lowest BCUT2D eigenvalue weighted by Gasteiger charge is -2.36. The summed E-state index contributed by atoms with van der Waals surface area (Å²) in [5.41, 5.74) is 3.23. The molecular formula is C20H16BCl2NO2. The maximum absolute atomic E-state index is 12.2. The summed E-state index contributed by atoms with van der Waals surface area (Å²) >= 11 is 12.6. The maximum Gasteiger partial charge on any atom is 0.334 e. The van der Waals surface area contributed by atoms with Crippen LogP contribution in [-0.4, -0.2) is 24.9 Å². The van der Waals surface area contributed by atoms with Crippen molar-refractivity contribution in [2.24, 2.45) is 5.92 Å². The van der Waals surface area contributed by atoms with Gasteiger partial charge in [0.1, 0.15) is 14.0 Å². The lowest BCUT2D eigenvalue weighted by atomic mass is 9.67. The minimum absolute atomic E-state index is 0.0317. The second-order valence-corrected chi connectivity index (χ2v) is 7.69. The number of esters is 1. The van der Waals surface area contributed by atoms with E-state index in [0.717, 1.165) is 16.8 Å². The van der Waals surface area contributed by atoms with Crippen LogP contribution >= 0.6 is 23.2 Å². The number of aromatic nitrogens is 1. The Kier molecular flexibility index (Phi) is 4.58. The summed E-state index contributed by atoms with van der Waals surface area (Å²) in [7, 11) is 5.81. The van der Waals surface area contributed by atoms with E-state index < -0.39 is 0 Å². The number of nitrogens with zero attached hydrogens (tertiary/aromatic N) is 1. The standard InChI is InChI=1S/C20H16BCl2NO2/c1-10-18-15(20(25)26-10)6-5-14(13-4-3-12(22)8-16(13)23)19(18)17-7-2-11(21)9-24-17/h2-4,6-10,14,18-19H,5H2,1H3/t10-,14+,18-,19-/m1/s1. The molecule has 1 fully saturated rings. The van der Waals surface area contributed by atoms with Gasteiger partial charge in [-0.05, 0) is 43.0 Å². The number of halogens is 2. The molecule has 1 saturated heterocycles. The number of carbonyl (C=O) groups is 1. The van der Waals surface area contributed by atoms with E-state index in [0.29, 0.717) is 21.9 Å². The molecule has 0 saturated carbocycles. The van der Waals surface area contributed by atoms with Gasteiger partial charge in [0, 0.05) is 39.3 Å². The van der Waals surface area contributed by atoms with Gasteiger partial charge in [-0.2, -0.15) is 0 Å². The Morgan fingerprint density at radius 2 is 2.00 bits per heavy atom. The van der Waals surface area contributed by atoms with Crippen LogP contribution in [0.1, 0.15) is 36.4 Å². The molecular weight excluding hydrogens is 368 g/mol. The highest BCUT2D eigenvalue weighted by Gasteiger charge is 2.48. The monoisotopic (exact) mass is 383 g/mol. The van der Waals surface area contributed by atoms with Gasteiger partial charge in [0.25, 0.3) is 0 Å². The van der Waals surface area contributed by atoms with E-state index in [9.17, 15) is 4.79 Å². The Hall–Kier alpha value is -1.78. The van der Waals surface area contributed by atoms with E-state index >= 15 is 0 Å². The second-order valence-electron chi connectivity index (χ2n) is 6.85. The Balaban J connectivity index is 1.85. The fourth-order valence-corrected chi connectivity index (χ4v) is 4.73. The number of hydrogen-bond acceptors (Lipinski definition) is 3. The van der Waals surface area contributed by atoms with E-state index in [-0.39, 0.29) is 29.8 Å². The molecule has 0 unspecified atom stereocenters. The topological polar surface area (TPSA) is 39.2 Å². The second kappa shape index (κ2) is 6.75. The van der Waals surface area contributed by atoms with Crippen LogP contribution in [0, 0.1) is 5.92 Å². The van der Waals surface area contributed by atoms with Gasteiger partial charge in [-0.3, -0.25) is 4.98 Å². The van der Waals surface area contributed by atoms with Crippen molar-refractivity contribution in [3.8, 4) is 0 Å². The molecule has 0 spiro atoms. The molecule has 0 N–H and O–H groups in total. The number of pyridine rings is 1. The van der Waals surface area contributed by atoms with Crippen molar-refractivity contribution in [1.82, 2.24) is 4.98 Å². The minimum Gasteiger partial charge on any atom is -0.459 e. The average Bonchev–Trinajstić information content (AvgIpc) is 2.90. The molecule has 1 aromatic heterocycles. The van der Waals surface area contributed by atoms with Crippen LogP contribution in [0.2, 0.25) is 10.0 Å². The maximum atomic E-state index is 12.2. The number of rotatable bonds is 2. The molecule has 2 heterocycles. The first-order valence-corrected chi connectivity index (χ1v) is 9.28. The van der Waals surface area contributed by atoms with Crippen molar-refractivity contribution in [3.05, 3.63) is 69.5 Å². The fraction of sp³-hybridized carbons (Fsp3) is 0.300. The van der Waals surface area contributed by atoms with Gasteiger partial charge >= 0.3 is 5.97 Å². The third-order valence-electron chi connectivity index (χ3n) is 5.32. The lowest BCUT2D eigenvalue weighted by Crippen LogP contribution is -2.30. The largest absolute Gasteiger partial charge is 0.459 e. The van der Waals surface area contributed by atoms with Gasteiger partial charge in [0.2, 0.25) is 0 Å². The van der Waals surface area contributed by atoms with Gasteiger partial charge < -0.3 is 4.74 Å². The third kappa shape index (κ3) is 2.95. The molecule has 130 valence electrons. The molecule has 2 radical (unpaired) electrons. The molecule has 2 aliphatic rings. The van der Waals surface area contributed by atoms with Crippen molar-refractivity contribution < 1.29 is 9.53 Å². The van der Waals surface area contributed by atoms with Gasteiger partial charge in [-0.1, -0.05) is 46.9 Å². The summed E-state index contributed by atoms with van der Waals surface area (Å²) in [6.07, 6.45) is 4.11. The molecule has 4 rings (SSSR count). The Bertz CT molecular complexity index is 897. The normalized spacial score (nSPS) is 27.7. The molecule has 1 aliphatic heterocycles. The summed E-state index contributed by atoms with van der Waals surface area (Å²) < 4.78 is 5.50. The summed E-state index contributed by atoms with van der Waals surface area (Å²) in [5, 5.41) is 1.22. The molecule has 0 amide bonds. The van der Waals surface area contributed by atoms with Crippen LogP contribution < -0.4 is 5.46 Å². The zero-order valence-electron chi connectivity index (χ0n) is 14.2. The number of allylic oxidation sites excluding steroid dienone is 1. The van der Waals surface area contributed by atoms with E-state index in [1.54, 1.807) is 12.3 Å². The highest BCUT2D eigenvalue weighted by molar-refractivity contribution is 6.35. The zero-order valence-corrected chi connectivity index (χ0v) is 15.7. The molecule has 4 atom stereocenters. The quantitative estimate of drug-likeness (QED) is 0.582. The Morgan fingerprint density at radius 3 is 2.69 bits per heavy atom. The van der Waals surface area contributed by atoms with Crippen molar-refractivity contribution in [1.29, 1.82) is 0 Å². The van der Waals surface area contributed by atoms with Crippen LogP contribution in [-0.2, 0) is 9.53 Å². The molecule has 3 nitrogen and oxygen atoms in total. The van der Waals surface area contributed by atoms with Crippen molar-refractivity contribution >= 4 is 42.5 Å². The average molecular weight is 384 g/mol. The first-order chi connectivity index (χ1) is 12.5. The summed E-state index contributed by atoms with van der Waals surface area (Å²) in [4.78, 5) is 16.8. The predicted octanol–water partition coefficient (Wildman–Crippen LogP) is 3.94. The number of benzene rings is 1. The van der Waals surface area contributed by atoms with Gasteiger partial charge in [0.05, 0.1) is 0 Å². The first kappa shape index (κ1) is 17.6. The van der Waals surface area contributed by atoms with E-state index in [4.69, 9.17) is 35.8 Å². The van der Waals surface area contributed by atoms with Crippen LogP contribution in [0.4, 0.5) is 0 Å². The van der Waals surface area contributed by atoms with Gasteiger partial charge in [0.15, 0.2) is 0 Å². The zero-order chi connectivity index (χ0) is 18.4. The third-order valence-corrected chi connectivity index (χ3v) is 5.88. The molecule has 0 bridgehead atoms. The van der Waals surface area contributed by atoms with Gasteiger partial charge in [-0.15, -0.1) is 0 Å². The van der Waals surface area contributed by atoms with Crippen LogP contribution in [0.15, 0.2) is 48.2 Å². The smallest absolute Gasteiger partial charge is 0.334 e. The number of cyclic esters (lactones) is 1. The Labute approximate surface area is 163 Å². The number of hydrogen-bond donors (Lipinski definition) is 0. The van der Waals surface area contributed by atoms with Crippen LogP contribution in [0.5, 0.6) is 0 Å². The number of ether oxygens (including phenoxy) is 1. The summed E-state index contributed by atoms with van der Waals surface area (Å²) in [5.74, 6) is -0.259. The number of carbonyl (C=O) groups excluding carboxylic acids is 1. The minimum atomic E-state index is -0.233. The van der Waals surface area contributed by atoms with Crippen molar-refractivity contribution in [2.75, 3.05) is 0 Å². The van der Waals surface area contributed by atoms with Crippen LogP contribution in [0.25, 0.3) is 0 Å². The Morgan fingerprint density at radius 1 is 1.19 bits per heavy atom. The van der Waals surface area contributed by atoms with Crippen molar-refractivity contribution in [3.63, 3.8) is 0 Å². The molecule has 6 heteroatoms. The highest BCUT2D eigenvalue weighted by atomic mass is 35.5. The van der Waals surface area contributed by atoms with Gasteiger partial charge in [-0.25, -0.2) is 4.79 Å². The SMILES string of the molecule is [B]c1ccc([C@@H]2[C@H]3C(=CC[C@H]2c2ccc(Cl)cc2Cl)C(=O)O[C@@H]3C)nc1.